The van der Waals surface area contributed by atoms with Crippen LogP contribution in [0.5, 0.6) is 0 Å². The minimum Gasteiger partial charge on any atom is -0.398 e. The third-order valence-electron chi connectivity index (χ3n) is 7.89. The van der Waals surface area contributed by atoms with E-state index in [-0.39, 0.29) is 34.7 Å². The second kappa shape index (κ2) is 14.8. The topological polar surface area (TPSA) is 160 Å². The molecule has 0 atom stereocenters. The molecule has 0 saturated heterocycles. The van der Waals surface area contributed by atoms with Crippen molar-refractivity contribution in [3.05, 3.63) is 76.6 Å². The number of anilines is 3. The van der Waals surface area contributed by atoms with E-state index in [1.807, 2.05) is 0 Å². The van der Waals surface area contributed by atoms with Gasteiger partial charge in [0.15, 0.2) is 0 Å². The first-order chi connectivity index (χ1) is 21.0. The van der Waals surface area contributed by atoms with E-state index in [4.69, 9.17) is 16.9 Å². The normalized spacial score (nSPS) is 13.8. The molecular formula is C32H38F3N7O2. The van der Waals surface area contributed by atoms with Gasteiger partial charge in [0.05, 0.1) is 16.8 Å². The highest BCUT2D eigenvalue weighted by Gasteiger charge is 2.31. The van der Waals surface area contributed by atoms with Crippen molar-refractivity contribution in [3.8, 4) is 0 Å². The van der Waals surface area contributed by atoms with Crippen molar-refractivity contribution in [2.75, 3.05) is 23.3 Å². The molecule has 0 radical (unpaired) electrons. The summed E-state index contributed by atoms with van der Waals surface area (Å²) in [6, 6.07) is 7.55. The van der Waals surface area contributed by atoms with Crippen molar-refractivity contribution in [2.45, 2.75) is 70.4 Å². The number of benzene rings is 1. The monoisotopic (exact) mass is 609 g/mol. The summed E-state index contributed by atoms with van der Waals surface area (Å²) in [6.45, 7) is 0.685. The zero-order valence-corrected chi connectivity index (χ0v) is 24.5. The number of carbonyl (C=O) groups excluding carboxylic acids is 2. The number of rotatable bonds is 12. The lowest BCUT2D eigenvalue weighted by atomic mass is 9.88. The molecule has 234 valence electrons. The van der Waals surface area contributed by atoms with E-state index in [2.05, 4.69) is 20.6 Å². The Morgan fingerprint density at radius 3 is 2.32 bits per heavy atom. The van der Waals surface area contributed by atoms with Crippen molar-refractivity contribution >= 4 is 34.8 Å². The highest BCUT2D eigenvalue weighted by Crippen LogP contribution is 2.30. The summed E-state index contributed by atoms with van der Waals surface area (Å²) in [4.78, 5) is 32.9. The van der Waals surface area contributed by atoms with Crippen molar-refractivity contribution in [2.24, 2.45) is 5.92 Å². The average Bonchev–Trinajstić information content (AvgIpc) is 3.01. The number of alkyl halides is 3. The highest BCUT2D eigenvalue weighted by molar-refractivity contribution is 6.17. The summed E-state index contributed by atoms with van der Waals surface area (Å²) in [7, 11) is 0. The molecule has 1 aromatic carbocycles. The van der Waals surface area contributed by atoms with E-state index in [0.717, 1.165) is 75.3 Å². The van der Waals surface area contributed by atoms with E-state index >= 15 is 0 Å². The Morgan fingerprint density at radius 2 is 1.61 bits per heavy atom. The van der Waals surface area contributed by atoms with E-state index in [1.165, 1.54) is 30.7 Å². The van der Waals surface area contributed by atoms with Gasteiger partial charge in [-0.1, -0.05) is 44.2 Å². The number of pyridine rings is 2. The van der Waals surface area contributed by atoms with Crippen LogP contribution >= 0.6 is 0 Å². The van der Waals surface area contributed by atoms with E-state index in [0.29, 0.717) is 29.8 Å². The SMILES string of the molecule is N=C(c1ccc(C(=O)Nc2cc(C(F)(F)F)ccn2)cc1)c1c(N)ncc(CCCCCCNC(=O)C2CCCCC2)c1N. The fraction of sp³-hybridized carbons (Fsp3) is 0.406. The number of halogens is 3. The van der Waals surface area contributed by atoms with Gasteiger partial charge in [0.1, 0.15) is 11.6 Å². The van der Waals surface area contributed by atoms with Crippen LogP contribution < -0.4 is 22.1 Å². The molecule has 4 rings (SSSR count). The molecule has 0 unspecified atom stereocenters. The largest absolute Gasteiger partial charge is 0.416 e. The number of carbonyl (C=O) groups is 2. The quantitative estimate of drug-likeness (QED) is 0.123. The first kappa shape index (κ1) is 32.4. The summed E-state index contributed by atoms with van der Waals surface area (Å²) in [5, 5.41) is 14.2. The minimum absolute atomic E-state index is 0.0366. The van der Waals surface area contributed by atoms with Gasteiger partial charge in [-0.25, -0.2) is 9.97 Å². The van der Waals surface area contributed by atoms with Crippen molar-refractivity contribution in [3.63, 3.8) is 0 Å². The van der Waals surface area contributed by atoms with Gasteiger partial charge >= 0.3 is 6.18 Å². The van der Waals surface area contributed by atoms with Gasteiger partial charge in [-0.2, -0.15) is 13.2 Å². The molecule has 0 spiro atoms. The molecular weight excluding hydrogens is 571 g/mol. The number of hydrogen-bond donors (Lipinski definition) is 5. The number of unbranched alkanes of at least 4 members (excludes halogenated alkanes) is 3. The Hall–Kier alpha value is -4.48. The predicted octanol–water partition coefficient (Wildman–Crippen LogP) is 6.13. The fourth-order valence-corrected chi connectivity index (χ4v) is 5.35. The summed E-state index contributed by atoms with van der Waals surface area (Å²) in [6.07, 6.45) is 7.90. The summed E-state index contributed by atoms with van der Waals surface area (Å²) in [5.74, 6) is -0.408. The maximum atomic E-state index is 13.0. The van der Waals surface area contributed by atoms with E-state index in [1.54, 1.807) is 6.20 Å². The first-order valence-electron chi connectivity index (χ1n) is 14.9. The van der Waals surface area contributed by atoms with Crippen LogP contribution in [0.1, 0.15) is 90.4 Å². The number of amides is 2. The maximum Gasteiger partial charge on any atom is 0.416 e. The van der Waals surface area contributed by atoms with Gasteiger partial charge in [-0.15, -0.1) is 0 Å². The molecule has 1 aliphatic carbocycles. The van der Waals surface area contributed by atoms with Crippen LogP contribution in [-0.4, -0.2) is 34.0 Å². The zero-order valence-electron chi connectivity index (χ0n) is 24.5. The number of hydrogen-bond acceptors (Lipinski definition) is 7. The number of nitrogens with two attached hydrogens (primary N) is 2. The molecule has 3 aromatic rings. The Morgan fingerprint density at radius 1 is 0.932 bits per heavy atom. The van der Waals surface area contributed by atoms with Gasteiger partial charge in [-0.3, -0.25) is 15.0 Å². The first-order valence-corrected chi connectivity index (χ1v) is 14.9. The maximum absolute atomic E-state index is 13.0. The average molecular weight is 610 g/mol. The number of nitrogen functional groups attached to an aromatic ring is 2. The van der Waals surface area contributed by atoms with Gasteiger partial charge in [0, 0.05) is 41.7 Å². The van der Waals surface area contributed by atoms with Gasteiger partial charge in [-0.05, 0) is 61.9 Å². The Bertz CT molecular complexity index is 1470. The lowest BCUT2D eigenvalue weighted by molar-refractivity contribution is -0.137. The molecule has 2 aromatic heterocycles. The molecule has 1 fully saturated rings. The minimum atomic E-state index is -4.56. The summed E-state index contributed by atoms with van der Waals surface area (Å²) in [5.41, 5.74) is 13.7. The molecule has 12 heteroatoms. The lowest BCUT2D eigenvalue weighted by Gasteiger charge is -2.20. The van der Waals surface area contributed by atoms with Crippen molar-refractivity contribution in [1.82, 2.24) is 15.3 Å². The molecule has 7 N–H and O–H groups in total. The predicted molar refractivity (Wildman–Crippen MR) is 164 cm³/mol. The van der Waals surface area contributed by atoms with E-state index in [9.17, 15) is 22.8 Å². The third-order valence-corrected chi connectivity index (χ3v) is 7.89. The van der Waals surface area contributed by atoms with Crippen LogP contribution in [0.15, 0.2) is 48.8 Å². The number of aromatic nitrogens is 2. The van der Waals surface area contributed by atoms with Crippen LogP contribution in [0.3, 0.4) is 0 Å². The molecule has 0 bridgehead atoms. The van der Waals surface area contributed by atoms with Crippen LogP contribution in [0.25, 0.3) is 0 Å². The zero-order chi connectivity index (χ0) is 31.7. The standard InChI is InChI=1S/C32H38F3N7O2/c33-32(34,35)24-15-17-39-25(18-24)42-31(44)22-13-11-20(12-14-22)27(36)26-28(37)23(19-41-29(26)38)10-4-1-2-7-16-40-30(43)21-8-5-3-6-9-21/h11-15,17-19,21,36H,1-10,16H2,(H,40,43)(H4,37,38,41)(H,39,42,44). The van der Waals surface area contributed by atoms with Crippen LogP contribution in [0.2, 0.25) is 0 Å². The Balaban J connectivity index is 1.29. The molecule has 1 saturated carbocycles. The van der Waals surface area contributed by atoms with Crippen LogP contribution in [-0.2, 0) is 17.4 Å². The highest BCUT2D eigenvalue weighted by atomic mass is 19.4. The Kier molecular flexibility index (Phi) is 10.9. The van der Waals surface area contributed by atoms with Crippen molar-refractivity contribution < 1.29 is 22.8 Å². The number of aryl methyl sites for hydroxylation is 1. The van der Waals surface area contributed by atoms with Crippen LogP contribution in [0.4, 0.5) is 30.5 Å². The molecule has 2 amide bonds. The second-order valence-electron chi connectivity index (χ2n) is 11.1. The molecule has 9 nitrogen and oxygen atoms in total. The smallest absolute Gasteiger partial charge is 0.398 e. The fourth-order valence-electron chi connectivity index (χ4n) is 5.35. The van der Waals surface area contributed by atoms with E-state index < -0.39 is 17.6 Å². The third kappa shape index (κ3) is 8.55. The van der Waals surface area contributed by atoms with Gasteiger partial charge < -0.3 is 22.1 Å². The second-order valence-corrected chi connectivity index (χ2v) is 11.1. The Labute approximate surface area is 254 Å². The number of nitrogens with zero attached hydrogens (tertiary/aromatic N) is 2. The summed E-state index contributed by atoms with van der Waals surface area (Å²) < 4.78 is 38.9. The lowest BCUT2D eigenvalue weighted by Crippen LogP contribution is -2.32. The van der Waals surface area contributed by atoms with Crippen LogP contribution in [0, 0.1) is 11.3 Å². The molecule has 2 heterocycles. The van der Waals surface area contributed by atoms with Gasteiger partial charge in [0.2, 0.25) is 5.91 Å². The molecule has 0 aliphatic heterocycles. The number of nitrogens with one attached hydrogen (secondary N) is 3. The van der Waals surface area contributed by atoms with Crippen molar-refractivity contribution in [1.29, 1.82) is 5.41 Å². The molecule has 44 heavy (non-hydrogen) atoms. The summed E-state index contributed by atoms with van der Waals surface area (Å²) >= 11 is 0. The molecule has 1 aliphatic rings. The van der Waals surface area contributed by atoms with Gasteiger partial charge in [0.25, 0.3) is 5.91 Å².